The summed E-state index contributed by atoms with van der Waals surface area (Å²) in [5, 5.41) is 3.33. The number of carbonyl (C=O) groups is 1. The number of aromatic nitrogens is 1. The molecule has 1 aromatic heterocycles. The van der Waals surface area contributed by atoms with Crippen LogP contribution in [0.1, 0.15) is 10.4 Å². The molecular weight excluding hydrogens is 353 g/mol. The lowest BCUT2D eigenvalue weighted by Gasteiger charge is -2.02. The number of benzene rings is 2. The van der Waals surface area contributed by atoms with Crippen LogP contribution in [0.2, 0.25) is 10.0 Å². The van der Waals surface area contributed by atoms with Gasteiger partial charge in [0.2, 0.25) is 0 Å². The van der Waals surface area contributed by atoms with Crippen LogP contribution >= 0.6 is 34.5 Å². The minimum Gasteiger partial charge on any atom is -0.298 e. The third-order valence-corrected chi connectivity index (χ3v) is 4.58. The van der Waals surface area contributed by atoms with Crippen molar-refractivity contribution in [3.8, 4) is 0 Å². The minimum atomic E-state index is -0.945. The molecule has 8 heteroatoms. The number of anilines is 1. The van der Waals surface area contributed by atoms with Gasteiger partial charge in [-0.15, -0.1) is 0 Å². The number of rotatable bonds is 2. The molecule has 0 saturated heterocycles. The van der Waals surface area contributed by atoms with Gasteiger partial charge in [-0.2, -0.15) is 0 Å². The number of carbonyl (C=O) groups excluding carboxylic acids is 1. The molecule has 1 amide bonds. The summed E-state index contributed by atoms with van der Waals surface area (Å²) in [5.41, 5.74) is 0.179. The second-order valence-corrected chi connectivity index (χ2v) is 6.12. The number of fused-ring (bicyclic) bond motifs is 1. The lowest BCUT2D eigenvalue weighted by molar-refractivity contribution is 0.102. The monoisotopic (exact) mass is 358 g/mol. The van der Waals surface area contributed by atoms with E-state index in [1.165, 1.54) is 11.3 Å². The summed E-state index contributed by atoms with van der Waals surface area (Å²) in [7, 11) is 0. The fourth-order valence-electron chi connectivity index (χ4n) is 1.83. The fraction of sp³-hybridized carbons (Fsp3) is 0. The minimum absolute atomic E-state index is 0.243. The molecule has 0 unspecified atom stereocenters. The lowest BCUT2D eigenvalue weighted by atomic mass is 10.2. The molecular formula is C14H6Cl2F2N2OS. The van der Waals surface area contributed by atoms with Crippen molar-refractivity contribution in [1.82, 2.24) is 4.98 Å². The summed E-state index contributed by atoms with van der Waals surface area (Å²) >= 11 is 13.1. The highest BCUT2D eigenvalue weighted by Gasteiger charge is 2.16. The topological polar surface area (TPSA) is 42.0 Å². The van der Waals surface area contributed by atoms with E-state index in [-0.39, 0.29) is 15.7 Å². The number of halogens is 4. The first-order valence-corrected chi connectivity index (χ1v) is 7.54. The predicted molar refractivity (Wildman–Crippen MR) is 84.0 cm³/mol. The maximum atomic E-state index is 13.6. The van der Waals surface area contributed by atoms with E-state index in [4.69, 9.17) is 23.2 Å². The largest absolute Gasteiger partial charge is 0.298 e. The van der Waals surface area contributed by atoms with Crippen LogP contribution in [-0.4, -0.2) is 10.9 Å². The Labute approximate surface area is 137 Å². The van der Waals surface area contributed by atoms with Crippen molar-refractivity contribution < 1.29 is 13.6 Å². The Morgan fingerprint density at radius 3 is 2.68 bits per heavy atom. The van der Waals surface area contributed by atoms with Crippen molar-refractivity contribution in [3.63, 3.8) is 0 Å². The third kappa shape index (κ3) is 2.77. The summed E-state index contributed by atoms with van der Waals surface area (Å²) in [6.07, 6.45) is 0. The number of amides is 1. The van der Waals surface area contributed by atoms with Gasteiger partial charge in [0.25, 0.3) is 5.91 Å². The molecule has 3 rings (SSSR count). The number of nitrogens with zero attached hydrogens (tertiary/aromatic N) is 1. The van der Waals surface area contributed by atoms with Crippen LogP contribution in [-0.2, 0) is 0 Å². The second-order valence-electron chi connectivity index (χ2n) is 4.31. The van der Waals surface area contributed by atoms with Gasteiger partial charge in [0, 0.05) is 6.07 Å². The Bertz CT molecular complexity index is 898. The molecule has 112 valence electrons. The van der Waals surface area contributed by atoms with Crippen LogP contribution < -0.4 is 5.32 Å². The summed E-state index contributed by atoms with van der Waals surface area (Å²) in [4.78, 5) is 16.2. The SMILES string of the molecule is O=C(Nc1nc2c(Cl)c(Cl)ccc2s1)c1ccc(F)cc1F. The van der Waals surface area contributed by atoms with E-state index in [2.05, 4.69) is 10.3 Å². The highest BCUT2D eigenvalue weighted by atomic mass is 35.5. The molecule has 0 bridgehead atoms. The molecule has 0 spiro atoms. The Hall–Kier alpha value is -1.76. The highest BCUT2D eigenvalue weighted by Crippen LogP contribution is 2.35. The van der Waals surface area contributed by atoms with E-state index in [1.807, 2.05) is 0 Å². The van der Waals surface area contributed by atoms with E-state index in [1.54, 1.807) is 12.1 Å². The van der Waals surface area contributed by atoms with Gasteiger partial charge in [0.05, 0.1) is 20.3 Å². The molecule has 22 heavy (non-hydrogen) atoms. The molecule has 0 aliphatic heterocycles. The van der Waals surface area contributed by atoms with Gasteiger partial charge in [-0.05, 0) is 24.3 Å². The first kappa shape index (κ1) is 15.1. The summed E-state index contributed by atoms with van der Waals surface area (Å²) < 4.78 is 27.1. The third-order valence-electron chi connectivity index (χ3n) is 2.85. The van der Waals surface area contributed by atoms with Crippen LogP contribution in [0.25, 0.3) is 10.2 Å². The van der Waals surface area contributed by atoms with E-state index in [0.717, 1.165) is 16.8 Å². The number of thiazole rings is 1. The molecule has 2 aromatic carbocycles. The van der Waals surface area contributed by atoms with Crippen molar-refractivity contribution in [2.24, 2.45) is 0 Å². The average Bonchev–Trinajstić information content (AvgIpc) is 2.86. The number of hydrogen-bond donors (Lipinski definition) is 1. The van der Waals surface area contributed by atoms with E-state index < -0.39 is 17.5 Å². The van der Waals surface area contributed by atoms with Crippen LogP contribution in [0.15, 0.2) is 30.3 Å². The average molecular weight is 359 g/mol. The maximum Gasteiger partial charge on any atom is 0.260 e. The van der Waals surface area contributed by atoms with E-state index in [0.29, 0.717) is 16.6 Å². The van der Waals surface area contributed by atoms with Crippen molar-refractivity contribution >= 4 is 55.8 Å². The first-order chi connectivity index (χ1) is 10.5. The Kier molecular flexibility index (Phi) is 3.99. The second kappa shape index (κ2) is 5.79. The number of nitrogens with one attached hydrogen (secondary N) is 1. The number of hydrogen-bond acceptors (Lipinski definition) is 3. The zero-order valence-electron chi connectivity index (χ0n) is 10.7. The van der Waals surface area contributed by atoms with Gasteiger partial charge in [0.1, 0.15) is 17.2 Å². The van der Waals surface area contributed by atoms with Gasteiger partial charge in [0.15, 0.2) is 5.13 Å². The van der Waals surface area contributed by atoms with E-state index >= 15 is 0 Å². The highest BCUT2D eigenvalue weighted by molar-refractivity contribution is 7.22. The molecule has 0 fully saturated rings. The summed E-state index contributed by atoms with van der Waals surface area (Å²) in [6.45, 7) is 0. The summed E-state index contributed by atoms with van der Waals surface area (Å²) in [6, 6.07) is 6.05. The molecule has 0 aliphatic carbocycles. The maximum absolute atomic E-state index is 13.6. The zero-order valence-corrected chi connectivity index (χ0v) is 13.0. The molecule has 3 nitrogen and oxygen atoms in total. The zero-order chi connectivity index (χ0) is 15.9. The predicted octanol–water partition coefficient (Wildman–Crippen LogP) is 5.13. The molecule has 0 radical (unpaired) electrons. The van der Waals surface area contributed by atoms with Crippen LogP contribution in [0.5, 0.6) is 0 Å². The van der Waals surface area contributed by atoms with Crippen molar-refractivity contribution in [1.29, 1.82) is 0 Å². The normalized spacial score (nSPS) is 10.9. The van der Waals surface area contributed by atoms with Gasteiger partial charge in [-0.3, -0.25) is 10.1 Å². The fourth-order valence-corrected chi connectivity index (χ4v) is 3.11. The van der Waals surface area contributed by atoms with Gasteiger partial charge >= 0.3 is 0 Å². The molecule has 0 atom stereocenters. The van der Waals surface area contributed by atoms with Gasteiger partial charge < -0.3 is 0 Å². The van der Waals surface area contributed by atoms with Crippen molar-refractivity contribution in [3.05, 3.63) is 57.6 Å². The molecule has 1 N–H and O–H groups in total. The molecule has 1 heterocycles. The lowest BCUT2D eigenvalue weighted by Crippen LogP contribution is -2.13. The van der Waals surface area contributed by atoms with Crippen LogP contribution in [0.4, 0.5) is 13.9 Å². The molecule has 0 saturated carbocycles. The van der Waals surface area contributed by atoms with Crippen LogP contribution in [0.3, 0.4) is 0 Å². The van der Waals surface area contributed by atoms with Gasteiger partial charge in [-0.1, -0.05) is 34.5 Å². The standard InChI is InChI=1S/C14H6Cl2F2N2OS/c15-8-3-4-10-12(11(8)16)19-14(22-10)20-13(21)7-2-1-6(17)5-9(7)18/h1-5H,(H,19,20,21). The molecule has 0 aliphatic rings. The van der Waals surface area contributed by atoms with Gasteiger partial charge in [-0.25, -0.2) is 13.8 Å². The summed E-state index contributed by atoms with van der Waals surface area (Å²) in [5.74, 6) is -2.42. The van der Waals surface area contributed by atoms with Crippen LogP contribution in [0, 0.1) is 11.6 Å². The Balaban J connectivity index is 1.92. The van der Waals surface area contributed by atoms with Crippen molar-refractivity contribution in [2.45, 2.75) is 0 Å². The quantitative estimate of drug-likeness (QED) is 0.689. The van der Waals surface area contributed by atoms with E-state index in [9.17, 15) is 13.6 Å². The Morgan fingerprint density at radius 1 is 1.18 bits per heavy atom. The Morgan fingerprint density at radius 2 is 1.95 bits per heavy atom. The smallest absolute Gasteiger partial charge is 0.260 e. The molecule has 3 aromatic rings. The first-order valence-electron chi connectivity index (χ1n) is 5.96. The van der Waals surface area contributed by atoms with Crippen molar-refractivity contribution in [2.75, 3.05) is 5.32 Å².